The summed E-state index contributed by atoms with van der Waals surface area (Å²) in [6.45, 7) is 2.35. The second-order valence-electron chi connectivity index (χ2n) is 6.29. The van der Waals surface area contributed by atoms with E-state index in [1.807, 2.05) is 13.0 Å². The smallest absolute Gasteiger partial charge is 0.337 e. The maximum atomic E-state index is 12.5. The van der Waals surface area contributed by atoms with Gasteiger partial charge in [-0.3, -0.25) is 4.79 Å². The zero-order valence-corrected chi connectivity index (χ0v) is 17.1. The lowest BCUT2D eigenvalue weighted by molar-refractivity contribution is -0.112. The first kappa shape index (κ1) is 21.7. The molecule has 0 aliphatic heterocycles. The molecule has 0 atom stereocenters. The van der Waals surface area contributed by atoms with Crippen molar-refractivity contribution in [1.29, 1.82) is 5.26 Å². The molecule has 0 saturated heterocycles. The molecule has 31 heavy (non-hydrogen) atoms. The average molecular weight is 437 g/mol. The van der Waals surface area contributed by atoms with E-state index in [0.29, 0.717) is 29.4 Å². The molecule has 0 spiro atoms. The molecule has 0 saturated carbocycles. The number of ether oxygens (including phenoxy) is 1. The number of benzene rings is 2. The number of carboxylic acids is 1. The average Bonchev–Trinajstić information content (AvgIpc) is 3.21. The van der Waals surface area contributed by atoms with Gasteiger partial charge in [0, 0.05) is 23.4 Å². The van der Waals surface area contributed by atoms with Gasteiger partial charge in [-0.25, -0.2) is 4.79 Å². The zero-order valence-electron chi connectivity index (χ0n) is 16.4. The highest BCUT2D eigenvalue weighted by Gasteiger charge is 2.14. The van der Waals surface area contributed by atoms with Gasteiger partial charge in [-0.2, -0.15) is 5.26 Å². The topological polar surface area (TPSA) is 113 Å². The van der Waals surface area contributed by atoms with Crippen LogP contribution in [0.25, 0.3) is 17.4 Å². The van der Waals surface area contributed by atoms with Gasteiger partial charge in [-0.15, -0.1) is 0 Å². The van der Waals surface area contributed by atoms with Crippen LogP contribution in [0.15, 0.2) is 64.6 Å². The fourth-order valence-electron chi connectivity index (χ4n) is 2.75. The molecule has 0 unspecified atom stereocenters. The van der Waals surface area contributed by atoms with E-state index in [-0.39, 0.29) is 21.9 Å². The van der Waals surface area contributed by atoms with Crippen molar-refractivity contribution in [2.75, 3.05) is 11.9 Å². The number of aromatic carboxylic acids is 1. The number of carbonyl (C=O) groups excluding carboxylic acids is 1. The van der Waals surface area contributed by atoms with E-state index in [9.17, 15) is 14.9 Å². The van der Waals surface area contributed by atoms with Crippen LogP contribution in [-0.2, 0) is 4.79 Å². The normalized spacial score (nSPS) is 10.9. The Balaban J connectivity index is 1.79. The number of hydrogen-bond donors (Lipinski definition) is 2. The van der Waals surface area contributed by atoms with Crippen molar-refractivity contribution in [1.82, 2.24) is 0 Å². The van der Waals surface area contributed by atoms with Crippen molar-refractivity contribution in [3.63, 3.8) is 0 Å². The molecule has 1 heterocycles. The summed E-state index contributed by atoms with van der Waals surface area (Å²) in [7, 11) is 0. The highest BCUT2D eigenvalue weighted by atomic mass is 35.5. The Morgan fingerprint density at radius 1 is 1.23 bits per heavy atom. The van der Waals surface area contributed by atoms with Crippen LogP contribution in [0.4, 0.5) is 5.69 Å². The van der Waals surface area contributed by atoms with Crippen molar-refractivity contribution in [2.24, 2.45) is 0 Å². The number of furan rings is 1. The minimum Gasteiger partial charge on any atom is -0.494 e. The van der Waals surface area contributed by atoms with Crippen LogP contribution in [0.5, 0.6) is 5.75 Å². The summed E-state index contributed by atoms with van der Waals surface area (Å²) in [5.41, 5.74) is 0.881. The number of nitrogens with zero attached hydrogens (tertiary/aromatic N) is 1. The molecule has 3 rings (SSSR count). The van der Waals surface area contributed by atoms with Gasteiger partial charge in [0.25, 0.3) is 5.91 Å². The number of carbonyl (C=O) groups is 2. The molecule has 0 radical (unpaired) electrons. The lowest BCUT2D eigenvalue weighted by Crippen LogP contribution is -2.13. The number of nitriles is 1. The Bertz CT molecular complexity index is 1210. The zero-order chi connectivity index (χ0) is 22.4. The second kappa shape index (κ2) is 9.65. The lowest BCUT2D eigenvalue weighted by Gasteiger charge is -2.07. The van der Waals surface area contributed by atoms with Gasteiger partial charge < -0.3 is 19.6 Å². The van der Waals surface area contributed by atoms with Gasteiger partial charge in [-0.1, -0.05) is 23.7 Å². The van der Waals surface area contributed by atoms with Crippen LogP contribution in [0.2, 0.25) is 5.02 Å². The van der Waals surface area contributed by atoms with E-state index >= 15 is 0 Å². The van der Waals surface area contributed by atoms with E-state index in [1.54, 1.807) is 42.5 Å². The Kier molecular flexibility index (Phi) is 6.75. The molecule has 0 fully saturated rings. The molecule has 0 bridgehead atoms. The van der Waals surface area contributed by atoms with Gasteiger partial charge in [0.1, 0.15) is 28.9 Å². The van der Waals surface area contributed by atoms with E-state index in [1.165, 1.54) is 18.2 Å². The Morgan fingerprint density at radius 2 is 2.03 bits per heavy atom. The first-order valence-electron chi connectivity index (χ1n) is 9.20. The van der Waals surface area contributed by atoms with Crippen molar-refractivity contribution in [3.8, 4) is 23.1 Å². The summed E-state index contributed by atoms with van der Waals surface area (Å²) < 4.78 is 11.1. The fraction of sp³-hybridized carbons (Fsp3) is 0.0870. The molecule has 1 aromatic heterocycles. The molecule has 8 heteroatoms. The van der Waals surface area contributed by atoms with Crippen LogP contribution in [0.1, 0.15) is 23.0 Å². The fourth-order valence-corrected chi connectivity index (χ4v) is 3.01. The van der Waals surface area contributed by atoms with Gasteiger partial charge in [0.05, 0.1) is 17.2 Å². The molecule has 0 aliphatic rings. The van der Waals surface area contributed by atoms with E-state index in [0.717, 1.165) is 0 Å². The number of nitrogens with one attached hydrogen (secondary N) is 1. The maximum Gasteiger partial charge on any atom is 0.337 e. The molecule has 3 aromatic rings. The van der Waals surface area contributed by atoms with Crippen LogP contribution < -0.4 is 10.1 Å². The quantitative estimate of drug-likeness (QED) is 0.386. The summed E-state index contributed by atoms with van der Waals surface area (Å²) in [5, 5.41) is 21.2. The third kappa shape index (κ3) is 5.32. The number of anilines is 1. The number of carboxylic acid groups (broad SMARTS) is 1. The maximum absolute atomic E-state index is 12.5. The van der Waals surface area contributed by atoms with Crippen LogP contribution in [0, 0.1) is 11.3 Å². The molecule has 2 N–H and O–H groups in total. The van der Waals surface area contributed by atoms with Crippen LogP contribution in [0.3, 0.4) is 0 Å². The third-order valence-corrected chi connectivity index (χ3v) is 4.48. The number of amides is 1. The molecule has 2 aromatic carbocycles. The first-order chi connectivity index (χ1) is 14.9. The summed E-state index contributed by atoms with van der Waals surface area (Å²) in [5.74, 6) is -0.430. The molecular weight excluding hydrogens is 420 g/mol. The monoisotopic (exact) mass is 436 g/mol. The van der Waals surface area contributed by atoms with E-state index in [4.69, 9.17) is 25.9 Å². The van der Waals surface area contributed by atoms with Crippen molar-refractivity contribution in [3.05, 3.63) is 76.5 Å². The molecular formula is C23H17ClN2O5. The number of halogens is 1. The SMILES string of the molecule is CCOc1cccc(NC(=O)/C(C#N)=C/c2ccc(-c3ccc(C(=O)O)c(Cl)c3)o2)c1. The van der Waals surface area contributed by atoms with E-state index < -0.39 is 11.9 Å². The minimum absolute atomic E-state index is 0.0195. The van der Waals surface area contributed by atoms with Gasteiger partial charge >= 0.3 is 5.97 Å². The van der Waals surface area contributed by atoms with Crippen LogP contribution >= 0.6 is 11.6 Å². The summed E-state index contributed by atoms with van der Waals surface area (Å²) >= 11 is 6.00. The van der Waals surface area contributed by atoms with Crippen molar-refractivity contribution < 1.29 is 23.8 Å². The number of rotatable bonds is 7. The van der Waals surface area contributed by atoms with Gasteiger partial charge in [0.2, 0.25) is 0 Å². The summed E-state index contributed by atoms with van der Waals surface area (Å²) in [4.78, 5) is 23.6. The van der Waals surface area contributed by atoms with E-state index in [2.05, 4.69) is 5.32 Å². The first-order valence-corrected chi connectivity index (χ1v) is 9.58. The molecule has 1 amide bonds. The lowest BCUT2D eigenvalue weighted by atomic mass is 10.1. The van der Waals surface area contributed by atoms with Crippen LogP contribution in [-0.4, -0.2) is 23.6 Å². The highest BCUT2D eigenvalue weighted by Crippen LogP contribution is 2.28. The second-order valence-corrected chi connectivity index (χ2v) is 6.69. The highest BCUT2D eigenvalue weighted by molar-refractivity contribution is 6.33. The minimum atomic E-state index is -1.13. The van der Waals surface area contributed by atoms with Crippen molar-refractivity contribution >= 4 is 35.2 Å². The Labute approximate surface area is 183 Å². The standard InChI is InChI=1S/C23H17ClN2O5/c1-2-30-17-5-3-4-16(12-17)26-22(27)15(13-25)10-18-7-9-21(31-18)14-6-8-19(23(28)29)20(24)11-14/h3-12H,2H2,1H3,(H,26,27)(H,28,29)/b15-10+. The predicted molar refractivity (Wildman–Crippen MR) is 116 cm³/mol. The molecule has 156 valence electrons. The summed E-state index contributed by atoms with van der Waals surface area (Å²) in [6.07, 6.45) is 1.32. The molecule has 0 aliphatic carbocycles. The Morgan fingerprint density at radius 3 is 2.71 bits per heavy atom. The summed E-state index contributed by atoms with van der Waals surface area (Å²) in [6, 6.07) is 16.3. The largest absolute Gasteiger partial charge is 0.494 e. The van der Waals surface area contributed by atoms with Gasteiger partial charge in [0.15, 0.2) is 0 Å². The predicted octanol–water partition coefficient (Wildman–Crippen LogP) is 5.24. The molecule has 7 nitrogen and oxygen atoms in total. The van der Waals surface area contributed by atoms with Gasteiger partial charge in [-0.05, 0) is 43.3 Å². The number of hydrogen-bond acceptors (Lipinski definition) is 5. The Hall–Kier alpha value is -4.02. The van der Waals surface area contributed by atoms with Crippen molar-refractivity contribution in [2.45, 2.75) is 6.92 Å². The third-order valence-electron chi connectivity index (χ3n) is 4.17.